The maximum absolute atomic E-state index is 5.71. The number of benzene rings is 2. The van der Waals surface area contributed by atoms with Crippen LogP contribution in [0.1, 0.15) is 11.1 Å². The molecule has 1 nitrogen and oxygen atoms in total. The molecule has 16 heavy (non-hydrogen) atoms. The van der Waals surface area contributed by atoms with Crippen LogP contribution in [0, 0.1) is 13.8 Å². The zero-order valence-corrected chi connectivity index (χ0v) is 9.53. The van der Waals surface area contributed by atoms with Crippen LogP contribution in [0.5, 0.6) is 11.5 Å². The van der Waals surface area contributed by atoms with E-state index in [1.165, 1.54) is 11.1 Å². The van der Waals surface area contributed by atoms with Crippen molar-refractivity contribution in [1.82, 2.24) is 0 Å². The topological polar surface area (TPSA) is 9.23 Å². The maximum Gasteiger partial charge on any atom is 0.127 e. The molecule has 0 bridgehead atoms. The molecular formula is C14H13BO. The van der Waals surface area contributed by atoms with Gasteiger partial charge in [-0.3, -0.25) is 0 Å². The molecule has 0 N–H and O–H groups in total. The summed E-state index contributed by atoms with van der Waals surface area (Å²) in [5, 5.41) is 0. The van der Waals surface area contributed by atoms with Crippen LogP contribution >= 0.6 is 0 Å². The largest absolute Gasteiger partial charge is 0.457 e. The molecule has 0 saturated heterocycles. The van der Waals surface area contributed by atoms with Gasteiger partial charge in [-0.2, -0.15) is 0 Å². The van der Waals surface area contributed by atoms with E-state index in [1.54, 1.807) is 0 Å². The van der Waals surface area contributed by atoms with Gasteiger partial charge in [-0.15, -0.1) is 0 Å². The summed E-state index contributed by atoms with van der Waals surface area (Å²) in [5.41, 5.74) is 3.24. The summed E-state index contributed by atoms with van der Waals surface area (Å²) in [4.78, 5) is 0. The van der Waals surface area contributed by atoms with Crippen molar-refractivity contribution in [2.45, 2.75) is 13.8 Å². The van der Waals surface area contributed by atoms with E-state index in [4.69, 9.17) is 12.6 Å². The second-order valence-corrected chi connectivity index (χ2v) is 3.92. The van der Waals surface area contributed by atoms with Crippen LogP contribution in [0.3, 0.4) is 0 Å². The Bertz CT molecular complexity index is 489. The number of aryl methyl sites for hydroxylation is 2. The third-order valence-corrected chi connectivity index (χ3v) is 2.59. The molecule has 0 spiro atoms. The number of hydrogen-bond acceptors (Lipinski definition) is 1. The van der Waals surface area contributed by atoms with Gasteiger partial charge in [-0.05, 0) is 49.2 Å². The van der Waals surface area contributed by atoms with Crippen LogP contribution < -0.4 is 10.2 Å². The molecule has 2 rings (SSSR count). The molecule has 0 fully saturated rings. The Morgan fingerprint density at radius 2 is 1.44 bits per heavy atom. The molecule has 0 aromatic heterocycles. The summed E-state index contributed by atoms with van der Waals surface area (Å²) < 4.78 is 5.71. The normalized spacial score (nSPS) is 10.1. The Morgan fingerprint density at radius 3 is 2.06 bits per heavy atom. The summed E-state index contributed by atoms with van der Waals surface area (Å²) in [6.07, 6.45) is 0. The van der Waals surface area contributed by atoms with Crippen molar-refractivity contribution in [2.24, 2.45) is 0 Å². The highest BCUT2D eigenvalue weighted by Crippen LogP contribution is 2.22. The molecule has 2 aromatic rings. The van der Waals surface area contributed by atoms with Crippen LogP contribution in [-0.2, 0) is 0 Å². The van der Waals surface area contributed by atoms with Crippen molar-refractivity contribution in [3.63, 3.8) is 0 Å². The Balaban J connectivity index is 2.20. The fraction of sp³-hybridized carbons (Fsp3) is 0.143. The second kappa shape index (κ2) is 4.44. The van der Waals surface area contributed by atoms with E-state index < -0.39 is 0 Å². The summed E-state index contributed by atoms with van der Waals surface area (Å²) in [7, 11) is 5.61. The molecular weight excluding hydrogens is 195 g/mol. The number of hydrogen-bond donors (Lipinski definition) is 0. The predicted octanol–water partition coefficient (Wildman–Crippen LogP) is 2.89. The van der Waals surface area contributed by atoms with Crippen molar-refractivity contribution in [1.29, 1.82) is 0 Å². The summed E-state index contributed by atoms with van der Waals surface area (Å²) in [6.45, 7) is 4.16. The molecule has 0 atom stereocenters. The van der Waals surface area contributed by atoms with Gasteiger partial charge in [-0.25, -0.2) is 0 Å². The number of ether oxygens (including phenoxy) is 1. The van der Waals surface area contributed by atoms with Gasteiger partial charge in [0, 0.05) is 0 Å². The Labute approximate surface area is 97.5 Å². The molecule has 2 radical (unpaired) electrons. The van der Waals surface area contributed by atoms with Crippen molar-refractivity contribution >= 4 is 13.3 Å². The monoisotopic (exact) mass is 208 g/mol. The molecule has 0 heterocycles. The van der Waals surface area contributed by atoms with Crippen molar-refractivity contribution in [3.8, 4) is 11.5 Å². The van der Waals surface area contributed by atoms with E-state index in [2.05, 4.69) is 19.9 Å². The van der Waals surface area contributed by atoms with Crippen LogP contribution in [0.4, 0.5) is 0 Å². The minimum absolute atomic E-state index is 0.743. The van der Waals surface area contributed by atoms with Gasteiger partial charge in [0.2, 0.25) is 0 Å². The first-order valence-electron chi connectivity index (χ1n) is 5.26. The van der Waals surface area contributed by atoms with Gasteiger partial charge >= 0.3 is 0 Å². The summed E-state index contributed by atoms with van der Waals surface area (Å²) in [5.74, 6) is 1.66. The van der Waals surface area contributed by atoms with Gasteiger partial charge < -0.3 is 4.74 Å². The molecule has 2 heteroatoms. The lowest BCUT2D eigenvalue weighted by molar-refractivity contribution is 0.482. The van der Waals surface area contributed by atoms with Crippen LogP contribution in [-0.4, -0.2) is 7.85 Å². The highest BCUT2D eigenvalue weighted by molar-refractivity contribution is 6.32. The van der Waals surface area contributed by atoms with Crippen molar-refractivity contribution < 1.29 is 4.74 Å². The van der Waals surface area contributed by atoms with E-state index in [0.29, 0.717) is 0 Å². The fourth-order valence-electron chi connectivity index (χ4n) is 1.45. The SMILES string of the molecule is [B]c1ccc(Oc2ccc(C)c(C)c2)cc1. The summed E-state index contributed by atoms with van der Waals surface area (Å²) >= 11 is 0. The zero-order chi connectivity index (χ0) is 11.5. The standard InChI is InChI=1S/C14H13BO/c1-10-3-6-14(9-11(10)2)16-13-7-4-12(15)5-8-13/h3-9H,1-2H3. The van der Waals surface area contributed by atoms with Gasteiger partial charge in [0.1, 0.15) is 19.3 Å². The molecule has 78 valence electrons. The molecule has 0 unspecified atom stereocenters. The van der Waals surface area contributed by atoms with E-state index in [1.807, 2.05) is 36.4 Å². The second-order valence-electron chi connectivity index (χ2n) is 3.92. The Hall–Kier alpha value is -1.70. The maximum atomic E-state index is 5.71. The highest BCUT2D eigenvalue weighted by atomic mass is 16.5. The first kappa shape index (κ1) is 10.8. The Kier molecular flexibility index (Phi) is 3.00. The third-order valence-electron chi connectivity index (χ3n) is 2.59. The molecule has 0 aliphatic carbocycles. The minimum atomic E-state index is 0.743. The van der Waals surface area contributed by atoms with Gasteiger partial charge in [0.05, 0.1) is 0 Å². The molecule has 0 aliphatic rings. The zero-order valence-electron chi connectivity index (χ0n) is 9.53. The van der Waals surface area contributed by atoms with E-state index >= 15 is 0 Å². The average Bonchev–Trinajstić information content (AvgIpc) is 2.27. The third kappa shape index (κ3) is 2.46. The Morgan fingerprint density at radius 1 is 0.812 bits per heavy atom. The summed E-state index contributed by atoms with van der Waals surface area (Å²) in [6, 6.07) is 13.5. The molecule has 0 aliphatic heterocycles. The van der Waals surface area contributed by atoms with E-state index in [9.17, 15) is 0 Å². The fourth-order valence-corrected chi connectivity index (χ4v) is 1.45. The first-order chi connectivity index (χ1) is 7.65. The van der Waals surface area contributed by atoms with E-state index in [-0.39, 0.29) is 0 Å². The van der Waals surface area contributed by atoms with Gasteiger partial charge in [0.25, 0.3) is 0 Å². The van der Waals surface area contributed by atoms with Gasteiger partial charge in [-0.1, -0.05) is 23.7 Å². The quantitative estimate of drug-likeness (QED) is 0.689. The van der Waals surface area contributed by atoms with Crippen molar-refractivity contribution in [3.05, 3.63) is 53.6 Å². The van der Waals surface area contributed by atoms with Gasteiger partial charge in [0.15, 0.2) is 0 Å². The van der Waals surface area contributed by atoms with Crippen LogP contribution in [0.25, 0.3) is 0 Å². The molecule has 0 saturated carbocycles. The van der Waals surface area contributed by atoms with Crippen LogP contribution in [0.2, 0.25) is 0 Å². The molecule has 2 aromatic carbocycles. The van der Waals surface area contributed by atoms with Crippen molar-refractivity contribution in [2.75, 3.05) is 0 Å². The number of rotatable bonds is 2. The van der Waals surface area contributed by atoms with Crippen LogP contribution in [0.15, 0.2) is 42.5 Å². The smallest absolute Gasteiger partial charge is 0.127 e. The lowest BCUT2D eigenvalue weighted by Gasteiger charge is -2.08. The highest BCUT2D eigenvalue weighted by Gasteiger charge is 1.98. The molecule has 0 amide bonds. The minimum Gasteiger partial charge on any atom is -0.457 e. The lowest BCUT2D eigenvalue weighted by atomic mass is 9.97. The average molecular weight is 208 g/mol. The van der Waals surface area contributed by atoms with E-state index in [0.717, 1.165) is 17.0 Å². The predicted molar refractivity (Wildman–Crippen MR) is 67.8 cm³/mol. The lowest BCUT2D eigenvalue weighted by Crippen LogP contribution is -1.99. The first-order valence-corrected chi connectivity index (χ1v) is 5.26.